The molecule has 1 saturated carbocycles. The quantitative estimate of drug-likeness (QED) is 0.709. The van der Waals surface area contributed by atoms with Crippen LogP contribution in [-0.4, -0.2) is 16.7 Å². The molecule has 1 atom stereocenters. The summed E-state index contributed by atoms with van der Waals surface area (Å²) in [4.78, 5) is 0. The van der Waals surface area contributed by atoms with Crippen LogP contribution in [0.15, 0.2) is 0 Å². The first-order valence-electron chi connectivity index (χ1n) is 7.24. The van der Waals surface area contributed by atoms with E-state index in [9.17, 15) is 0 Å². The molecule has 2 aliphatic rings. The Balaban J connectivity index is 2.20. The molecule has 0 bridgehead atoms. The van der Waals surface area contributed by atoms with E-state index < -0.39 is 0 Å². The highest BCUT2D eigenvalue weighted by atomic mass is 16.5. The van der Waals surface area contributed by atoms with Crippen molar-refractivity contribution < 1.29 is 4.74 Å². The monoisotopic (exact) mass is 239 g/mol. The van der Waals surface area contributed by atoms with Gasteiger partial charge in [-0.25, -0.2) is 0 Å². The Kier molecular flexibility index (Phi) is 3.33. The van der Waals surface area contributed by atoms with Crippen LogP contribution >= 0.6 is 0 Å². The molecule has 1 heterocycles. The Labute approximate surface area is 106 Å². The SMILES string of the molecule is CC1(C)CC(C2(N)CCCCCC2)C(C)(C)O1. The van der Waals surface area contributed by atoms with Gasteiger partial charge >= 0.3 is 0 Å². The van der Waals surface area contributed by atoms with Crippen molar-refractivity contribution in [1.82, 2.24) is 0 Å². The van der Waals surface area contributed by atoms with Gasteiger partial charge in [-0.15, -0.1) is 0 Å². The minimum atomic E-state index is -0.0669. The minimum absolute atomic E-state index is 0.00710. The normalized spacial score (nSPS) is 35.5. The molecule has 0 spiro atoms. The molecule has 2 nitrogen and oxygen atoms in total. The van der Waals surface area contributed by atoms with E-state index in [0.717, 1.165) is 6.42 Å². The predicted octanol–water partition coefficient (Wildman–Crippen LogP) is 3.63. The summed E-state index contributed by atoms with van der Waals surface area (Å²) in [6.07, 6.45) is 8.78. The van der Waals surface area contributed by atoms with E-state index in [2.05, 4.69) is 27.7 Å². The van der Waals surface area contributed by atoms with Crippen molar-refractivity contribution in [1.29, 1.82) is 0 Å². The van der Waals surface area contributed by atoms with Gasteiger partial charge < -0.3 is 10.5 Å². The zero-order valence-electron chi connectivity index (χ0n) is 12.0. The van der Waals surface area contributed by atoms with Crippen LogP contribution in [-0.2, 0) is 4.74 Å². The lowest BCUT2D eigenvalue weighted by Crippen LogP contribution is -2.53. The van der Waals surface area contributed by atoms with Gasteiger partial charge in [-0.3, -0.25) is 0 Å². The molecule has 2 N–H and O–H groups in total. The average Bonchev–Trinajstić information content (AvgIpc) is 2.37. The Morgan fingerprint density at radius 2 is 1.47 bits per heavy atom. The maximum Gasteiger partial charge on any atom is 0.0680 e. The molecule has 0 radical (unpaired) electrons. The largest absolute Gasteiger partial charge is 0.369 e. The zero-order chi connectivity index (χ0) is 12.7. The fourth-order valence-electron chi connectivity index (χ4n) is 4.19. The van der Waals surface area contributed by atoms with Crippen LogP contribution in [0.4, 0.5) is 0 Å². The van der Waals surface area contributed by atoms with Gasteiger partial charge in [0, 0.05) is 11.5 Å². The van der Waals surface area contributed by atoms with Gasteiger partial charge in [0.25, 0.3) is 0 Å². The first-order valence-corrected chi connectivity index (χ1v) is 7.24. The van der Waals surface area contributed by atoms with E-state index in [1.165, 1.54) is 38.5 Å². The molecular formula is C15H29NO. The second-order valence-corrected chi connectivity index (χ2v) is 7.37. The lowest BCUT2D eigenvalue weighted by atomic mass is 9.69. The predicted molar refractivity (Wildman–Crippen MR) is 72.0 cm³/mol. The first-order chi connectivity index (χ1) is 7.75. The van der Waals surface area contributed by atoms with Crippen molar-refractivity contribution in [2.24, 2.45) is 11.7 Å². The van der Waals surface area contributed by atoms with Crippen molar-refractivity contribution in [3.8, 4) is 0 Å². The molecule has 2 rings (SSSR count). The van der Waals surface area contributed by atoms with Gasteiger partial charge in [-0.05, 0) is 47.0 Å². The second-order valence-electron chi connectivity index (χ2n) is 7.37. The number of hydrogen-bond acceptors (Lipinski definition) is 2. The third kappa shape index (κ3) is 2.68. The highest BCUT2D eigenvalue weighted by Crippen LogP contribution is 2.49. The van der Waals surface area contributed by atoms with E-state index in [0.29, 0.717) is 5.92 Å². The summed E-state index contributed by atoms with van der Waals surface area (Å²) in [6.45, 7) is 8.86. The molecule has 1 unspecified atom stereocenters. The van der Waals surface area contributed by atoms with Crippen LogP contribution in [0.3, 0.4) is 0 Å². The summed E-state index contributed by atoms with van der Waals surface area (Å²) in [5, 5.41) is 0. The Morgan fingerprint density at radius 3 is 1.88 bits per heavy atom. The van der Waals surface area contributed by atoms with E-state index >= 15 is 0 Å². The summed E-state index contributed by atoms with van der Waals surface area (Å²) in [7, 11) is 0. The third-order valence-corrected chi connectivity index (χ3v) is 4.80. The molecule has 0 aromatic carbocycles. The number of rotatable bonds is 1. The molecule has 0 aromatic rings. The molecule has 1 aliphatic heterocycles. The maximum absolute atomic E-state index is 6.78. The van der Waals surface area contributed by atoms with Crippen LogP contribution < -0.4 is 5.73 Å². The summed E-state index contributed by atoms with van der Waals surface area (Å²) in [5.74, 6) is 0.503. The highest BCUT2D eigenvalue weighted by Gasteiger charge is 2.53. The van der Waals surface area contributed by atoms with Gasteiger partial charge in [0.15, 0.2) is 0 Å². The van der Waals surface area contributed by atoms with E-state index in [1.54, 1.807) is 0 Å². The summed E-state index contributed by atoms with van der Waals surface area (Å²) >= 11 is 0. The van der Waals surface area contributed by atoms with Gasteiger partial charge in [-0.1, -0.05) is 25.7 Å². The maximum atomic E-state index is 6.78. The summed E-state index contributed by atoms with van der Waals surface area (Å²) < 4.78 is 6.23. The molecule has 2 fully saturated rings. The van der Waals surface area contributed by atoms with Crippen molar-refractivity contribution in [2.75, 3.05) is 0 Å². The molecule has 17 heavy (non-hydrogen) atoms. The Morgan fingerprint density at radius 1 is 0.941 bits per heavy atom. The molecule has 1 saturated heterocycles. The molecule has 0 aromatic heterocycles. The Bertz CT molecular complexity index is 275. The zero-order valence-corrected chi connectivity index (χ0v) is 12.0. The number of ether oxygens (including phenoxy) is 1. The van der Waals surface area contributed by atoms with Crippen molar-refractivity contribution in [3.63, 3.8) is 0 Å². The van der Waals surface area contributed by atoms with Gasteiger partial charge in [-0.2, -0.15) is 0 Å². The third-order valence-electron chi connectivity index (χ3n) is 4.80. The molecule has 1 aliphatic carbocycles. The molecule has 2 heteroatoms. The average molecular weight is 239 g/mol. The molecule has 0 amide bonds. The second kappa shape index (κ2) is 4.24. The van der Waals surface area contributed by atoms with E-state index in [4.69, 9.17) is 10.5 Å². The standard InChI is InChI=1S/C15H29NO/c1-13(2)11-12(14(3,4)17-13)15(16)9-7-5-6-8-10-15/h12H,5-11,16H2,1-4H3. The molecular weight excluding hydrogens is 210 g/mol. The Hall–Kier alpha value is -0.0800. The van der Waals surface area contributed by atoms with E-state index in [1.807, 2.05) is 0 Å². The van der Waals surface area contributed by atoms with Crippen LogP contribution in [0.1, 0.15) is 72.6 Å². The summed E-state index contributed by atoms with van der Waals surface area (Å²) in [5.41, 5.74) is 6.71. The summed E-state index contributed by atoms with van der Waals surface area (Å²) in [6, 6.07) is 0. The van der Waals surface area contributed by atoms with Crippen LogP contribution in [0, 0.1) is 5.92 Å². The fourth-order valence-corrected chi connectivity index (χ4v) is 4.19. The van der Waals surface area contributed by atoms with Crippen LogP contribution in [0.5, 0.6) is 0 Å². The van der Waals surface area contributed by atoms with Gasteiger partial charge in [0.2, 0.25) is 0 Å². The first kappa shape index (κ1) is 13.4. The highest BCUT2D eigenvalue weighted by molar-refractivity contribution is 5.06. The fraction of sp³-hybridized carbons (Fsp3) is 1.00. The van der Waals surface area contributed by atoms with Gasteiger partial charge in [0.1, 0.15) is 0 Å². The van der Waals surface area contributed by atoms with Crippen molar-refractivity contribution >= 4 is 0 Å². The van der Waals surface area contributed by atoms with Crippen molar-refractivity contribution in [3.05, 3.63) is 0 Å². The lowest BCUT2D eigenvalue weighted by molar-refractivity contribution is -0.0827. The molecule has 100 valence electrons. The minimum Gasteiger partial charge on any atom is -0.369 e. The van der Waals surface area contributed by atoms with Crippen LogP contribution in [0.2, 0.25) is 0 Å². The number of nitrogens with two attached hydrogens (primary N) is 1. The number of hydrogen-bond donors (Lipinski definition) is 1. The van der Waals surface area contributed by atoms with E-state index in [-0.39, 0.29) is 16.7 Å². The van der Waals surface area contributed by atoms with Crippen LogP contribution in [0.25, 0.3) is 0 Å². The topological polar surface area (TPSA) is 35.2 Å². The lowest BCUT2D eigenvalue weighted by Gasteiger charge is -2.41. The van der Waals surface area contributed by atoms with Crippen molar-refractivity contribution in [2.45, 2.75) is 89.4 Å². The smallest absolute Gasteiger partial charge is 0.0680 e. The van der Waals surface area contributed by atoms with Gasteiger partial charge in [0.05, 0.1) is 11.2 Å².